The Hall–Kier alpha value is -1.84. The van der Waals surface area contributed by atoms with E-state index in [1.54, 1.807) is 12.3 Å². The summed E-state index contributed by atoms with van der Waals surface area (Å²) < 4.78 is 38.8. The number of nitrogens with one attached hydrogen (secondary N) is 1. The number of sulfonamides is 1. The van der Waals surface area contributed by atoms with Crippen LogP contribution in [0.3, 0.4) is 0 Å². The summed E-state index contributed by atoms with van der Waals surface area (Å²) in [6.07, 6.45) is 0. The van der Waals surface area contributed by atoms with Crippen molar-refractivity contribution in [2.24, 2.45) is 0 Å². The van der Waals surface area contributed by atoms with Crippen molar-refractivity contribution in [1.29, 1.82) is 0 Å². The number of hydrogen-bond acceptors (Lipinski definition) is 6. The Kier molecular flexibility index (Phi) is 5.16. The van der Waals surface area contributed by atoms with E-state index in [2.05, 4.69) is 25.8 Å². The molecule has 3 aromatic rings. The highest BCUT2D eigenvalue weighted by atomic mass is 79.9. The highest BCUT2D eigenvalue weighted by Crippen LogP contribution is 2.30. The van der Waals surface area contributed by atoms with E-state index in [0.717, 1.165) is 5.56 Å². The van der Waals surface area contributed by atoms with Gasteiger partial charge in [-0.2, -0.15) is 0 Å². The summed E-state index contributed by atoms with van der Waals surface area (Å²) >= 11 is 4.56. The minimum atomic E-state index is -3.80. The molecule has 0 saturated carbocycles. The average molecular weight is 443 g/mol. The van der Waals surface area contributed by atoms with Crippen LogP contribution < -0.4 is 9.46 Å². The van der Waals surface area contributed by atoms with Gasteiger partial charge >= 0.3 is 0 Å². The molecule has 0 atom stereocenters. The number of nitrogens with zero attached hydrogens (tertiary/aromatic N) is 1. The van der Waals surface area contributed by atoms with Crippen LogP contribution in [0.4, 0.5) is 5.88 Å². The largest absolute Gasteiger partial charge is 0.488 e. The molecule has 1 N–H and O–H groups in total. The monoisotopic (exact) mass is 442 g/mol. The van der Waals surface area contributed by atoms with Crippen molar-refractivity contribution >= 4 is 43.2 Å². The molecular weight excluding hydrogens is 428 g/mol. The van der Waals surface area contributed by atoms with E-state index in [9.17, 15) is 8.42 Å². The fraction of sp³-hybridized carbons (Fsp3) is 0.188. The van der Waals surface area contributed by atoms with E-state index < -0.39 is 10.0 Å². The summed E-state index contributed by atoms with van der Waals surface area (Å²) in [4.78, 5) is 0.756. The van der Waals surface area contributed by atoms with Gasteiger partial charge in [0.25, 0.3) is 15.9 Å². The molecule has 0 spiro atoms. The van der Waals surface area contributed by atoms with Gasteiger partial charge in [-0.3, -0.25) is 0 Å². The third-order valence-corrected chi connectivity index (χ3v) is 6.78. The molecule has 132 valence electrons. The maximum Gasteiger partial charge on any atom is 0.265 e. The highest BCUT2D eigenvalue weighted by Gasteiger charge is 2.24. The van der Waals surface area contributed by atoms with Gasteiger partial charge < -0.3 is 9.26 Å². The zero-order valence-electron chi connectivity index (χ0n) is 13.4. The van der Waals surface area contributed by atoms with Gasteiger partial charge in [-0.15, -0.1) is 11.3 Å². The quantitative estimate of drug-likeness (QED) is 0.607. The molecule has 0 saturated heterocycles. The van der Waals surface area contributed by atoms with E-state index in [0.29, 0.717) is 20.8 Å². The third-order valence-electron chi connectivity index (χ3n) is 3.40. The van der Waals surface area contributed by atoms with Gasteiger partial charge in [-0.05, 0) is 53.4 Å². The lowest BCUT2D eigenvalue weighted by Crippen LogP contribution is -2.14. The van der Waals surface area contributed by atoms with Crippen molar-refractivity contribution < 1.29 is 17.7 Å². The Morgan fingerprint density at radius 2 is 1.96 bits per heavy atom. The maximum absolute atomic E-state index is 12.6. The summed E-state index contributed by atoms with van der Waals surface area (Å²) in [6, 6.07) is 9.12. The number of benzene rings is 1. The first-order valence-corrected chi connectivity index (χ1v) is 10.4. The zero-order chi connectivity index (χ0) is 18.0. The van der Waals surface area contributed by atoms with Crippen LogP contribution in [0.15, 0.2) is 49.6 Å². The minimum absolute atomic E-state index is 0.0501. The predicted octanol–water partition coefficient (Wildman–Crippen LogP) is 4.50. The molecule has 0 unspecified atom stereocenters. The molecule has 0 aliphatic rings. The Labute approximate surface area is 158 Å². The molecular formula is C16H15BrN2O4S2. The molecule has 0 bridgehead atoms. The first kappa shape index (κ1) is 18.0. The summed E-state index contributed by atoms with van der Waals surface area (Å²) in [5, 5.41) is 5.43. The van der Waals surface area contributed by atoms with E-state index in [-0.39, 0.29) is 17.4 Å². The van der Waals surface area contributed by atoms with Crippen molar-refractivity contribution in [3.63, 3.8) is 0 Å². The number of ether oxygens (including phenoxy) is 1. The normalized spacial score (nSPS) is 11.5. The van der Waals surface area contributed by atoms with Crippen molar-refractivity contribution in [2.75, 3.05) is 4.72 Å². The van der Waals surface area contributed by atoms with Crippen molar-refractivity contribution in [3.8, 4) is 5.75 Å². The molecule has 6 nitrogen and oxygen atoms in total. The number of rotatable bonds is 6. The van der Waals surface area contributed by atoms with Crippen LogP contribution >= 0.6 is 27.3 Å². The fourth-order valence-electron chi connectivity index (χ4n) is 2.06. The second kappa shape index (κ2) is 7.19. The molecule has 0 fully saturated rings. The second-order valence-electron chi connectivity index (χ2n) is 5.33. The lowest BCUT2D eigenvalue weighted by Gasteiger charge is -2.09. The fourth-order valence-corrected chi connectivity index (χ4v) is 4.77. The van der Waals surface area contributed by atoms with E-state index in [4.69, 9.17) is 9.26 Å². The van der Waals surface area contributed by atoms with Crippen LogP contribution in [0.1, 0.15) is 16.1 Å². The Morgan fingerprint density at radius 3 is 2.60 bits per heavy atom. The topological polar surface area (TPSA) is 81.4 Å². The molecule has 1 aromatic carbocycles. The van der Waals surface area contributed by atoms with Gasteiger partial charge in [0, 0.05) is 0 Å². The number of aryl methyl sites for hydroxylation is 2. The number of thiophene rings is 1. The Morgan fingerprint density at radius 1 is 1.24 bits per heavy atom. The van der Waals surface area contributed by atoms with Crippen LogP contribution in [0.25, 0.3) is 0 Å². The van der Waals surface area contributed by atoms with Gasteiger partial charge in [0.05, 0.1) is 10.6 Å². The molecule has 3 rings (SSSR count). The van der Waals surface area contributed by atoms with Crippen LogP contribution in [0.5, 0.6) is 5.75 Å². The SMILES string of the molecule is Cc1ccc(OCc2sccc2S(=O)(=O)Nc2onc(C)c2Br)cc1. The van der Waals surface area contributed by atoms with Crippen molar-refractivity contribution in [3.05, 3.63) is 56.3 Å². The smallest absolute Gasteiger partial charge is 0.265 e. The van der Waals surface area contributed by atoms with Crippen molar-refractivity contribution in [1.82, 2.24) is 5.16 Å². The van der Waals surface area contributed by atoms with Crippen LogP contribution in [-0.2, 0) is 16.6 Å². The highest BCUT2D eigenvalue weighted by molar-refractivity contribution is 9.10. The predicted molar refractivity (Wildman–Crippen MR) is 99.6 cm³/mol. The maximum atomic E-state index is 12.6. The Bertz CT molecular complexity index is 978. The third kappa shape index (κ3) is 4.05. The molecule has 9 heteroatoms. The average Bonchev–Trinajstić information content (AvgIpc) is 3.17. The standard InChI is InChI=1S/C16H15BrN2O4S2/c1-10-3-5-12(6-4-10)22-9-13-14(7-8-24-13)25(20,21)19-16-15(17)11(2)18-23-16/h3-8,19H,9H2,1-2H3. The second-order valence-corrected chi connectivity index (χ2v) is 8.77. The van der Waals surface area contributed by atoms with Crippen LogP contribution in [0.2, 0.25) is 0 Å². The minimum Gasteiger partial charge on any atom is -0.488 e. The molecule has 25 heavy (non-hydrogen) atoms. The number of hydrogen-bond donors (Lipinski definition) is 1. The molecule has 2 heterocycles. The van der Waals surface area contributed by atoms with E-state index in [1.165, 1.54) is 17.4 Å². The first-order chi connectivity index (χ1) is 11.9. The summed E-state index contributed by atoms with van der Waals surface area (Å²) in [5.41, 5.74) is 1.69. The summed E-state index contributed by atoms with van der Waals surface area (Å²) in [6.45, 7) is 3.85. The zero-order valence-corrected chi connectivity index (χ0v) is 16.7. The molecule has 0 aliphatic heterocycles. The lowest BCUT2D eigenvalue weighted by molar-refractivity contribution is 0.307. The van der Waals surface area contributed by atoms with Gasteiger partial charge in [-0.25, -0.2) is 13.1 Å². The summed E-state index contributed by atoms with van der Waals surface area (Å²) in [7, 11) is -3.80. The van der Waals surface area contributed by atoms with E-state index in [1.807, 2.05) is 31.2 Å². The van der Waals surface area contributed by atoms with Gasteiger partial charge in [0.15, 0.2) is 0 Å². The van der Waals surface area contributed by atoms with Crippen LogP contribution in [-0.4, -0.2) is 13.6 Å². The molecule has 0 aliphatic carbocycles. The Balaban J connectivity index is 1.78. The lowest BCUT2D eigenvalue weighted by atomic mass is 10.2. The molecule has 0 amide bonds. The molecule has 0 radical (unpaired) electrons. The van der Waals surface area contributed by atoms with Gasteiger partial charge in [0.2, 0.25) is 0 Å². The summed E-state index contributed by atoms with van der Waals surface area (Å²) in [5.74, 6) is 0.734. The van der Waals surface area contributed by atoms with Crippen LogP contribution in [0, 0.1) is 13.8 Å². The van der Waals surface area contributed by atoms with Gasteiger partial charge in [0.1, 0.15) is 21.7 Å². The molecule has 2 aromatic heterocycles. The van der Waals surface area contributed by atoms with Crippen molar-refractivity contribution in [2.45, 2.75) is 25.3 Å². The number of halogens is 1. The van der Waals surface area contributed by atoms with E-state index >= 15 is 0 Å². The number of anilines is 1. The number of aromatic nitrogens is 1. The first-order valence-electron chi connectivity index (χ1n) is 7.27. The van der Waals surface area contributed by atoms with Gasteiger partial charge in [-0.1, -0.05) is 22.9 Å².